The van der Waals surface area contributed by atoms with Crippen LogP contribution in [0.1, 0.15) is 25.2 Å². The molecule has 1 amide bonds. The number of aromatic amines is 1. The summed E-state index contributed by atoms with van der Waals surface area (Å²) in [5.41, 5.74) is 1.12. The van der Waals surface area contributed by atoms with Crippen LogP contribution in [0, 0.1) is 10.7 Å². The zero-order chi connectivity index (χ0) is 18.5. The number of carbonyl (C=O) groups excluding carboxylic acids is 1. The summed E-state index contributed by atoms with van der Waals surface area (Å²) in [6.07, 6.45) is 3.94. The van der Waals surface area contributed by atoms with Crippen LogP contribution in [0.25, 0.3) is 12.2 Å². The van der Waals surface area contributed by atoms with Crippen molar-refractivity contribution in [3.05, 3.63) is 46.5 Å². The number of benzene rings is 1. The molecule has 1 saturated heterocycles. The van der Waals surface area contributed by atoms with Crippen LogP contribution >= 0.6 is 12.2 Å². The van der Waals surface area contributed by atoms with E-state index in [2.05, 4.69) is 15.0 Å². The molecule has 1 aliphatic rings. The number of H-pyrrole nitrogens is 1. The Morgan fingerprint density at radius 2 is 1.88 bits per heavy atom. The predicted molar refractivity (Wildman–Crippen MR) is 106 cm³/mol. The van der Waals surface area contributed by atoms with Crippen molar-refractivity contribution in [1.29, 1.82) is 0 Å². The summed E-state index contributed by atoms with van der Waals surface area (Å²) in [4.78, 5) is 20.7. The summed E-state index contributed by atoms with van der Waals surface area (Å²) < 4.78 is 2.42. The topological polar surface area (TPSA) is 57.2 Å². The average molecular weight is 372 g/mol. The van der Waals surface area contributed by atoms with E-state index in [-0.39, 0.29) is 11.8 Å². The van der Waals surface area contributed by atoms with Crippen LogP contribution in [-0.4, -0.2) is 56.7 Å². The molecule has 0 aliphatic carbocycles. The number of nitrogens with one attached hydrogen (secondary N) is 1. The molecule has 138 valence electrons. The Labute approximate surface area is 159 Å². The molecule has 0 atom stereocenters. The van der Waals surface area contributed by atoms with Crippen LogP contribution < -0.4 is 0 Å². The third-order valence-electron chi connectivity index (χ3n) is 4.45. The van der Waals surface area contributed by atoms with E-state index in [1.165, 1.54) is 0 Å². The first-order chi connectivity index (χ1) is 12.5. The van der Waals surface area contributed by atoms with E-state index in [1.807, 2.05) is 65.9 Å². The minimum Gasteiger partial charge on any atom is -0.340 e. The molecule has 6 nitrogen and oxygen atoms in total. The van der Waals surface area contributed by atoms with E-state index in [1.54, 1.807) is 0 Å². The minimum atomic E-state index is 0.0572. The Balaban J connectivity index is 1.58. The molecule has 26 heavy (non-hydrogen) atoms. The molecule has 0 radical (unpaired) electrons. The van der Waals surface area contributed by atoms with Gasteiger partial charge in [-0.3, -0.25) is 14.8 Å². The Bertz CT molecular complexity index is 816. The van der Waals surface area contributed by atoms with E-state index >= 15 is 0 Å². The molecule has 0 spiro atoms. The minimum absolute atomic E-state index is 0.0572. The lowest BCUT2D eigenvalue weighted by molar-refractivity contribution is -0.136. The maximum absolute atomic E-state index is 12.1. The van der Waals surface area contributed by atoms with Crippen LogP contribution in [0.3, 0.4) is 0 Å². The van der Waals surface area contributed by atoms with Gasteiger partial charge in [0.2, 0.25) is 10.7 Å². The average Bonchev–Trinajstić information content (AvgIpc) is 3.00. The van der Waals surface area contributed by atoms with Gasteiger partial charge < -0.3 is 4.90 Å². The van der Waals surface area contributed by atoms with Crippen LogP contribution in [0.5, 0.6) is 0 Å². The molecule has 0 unspecified atom stereocenters. The summed E-state index contributed by atoms with van der Waals surface area (Å²) in [7, 11) is 0. The number of nitrogens with zero attached hydrogens (tertiary/aromatic N) is 4. The van der Waals surface area contributed by atoms with Gasteiger partial charge in [0, 0.05) is 32.1 Å². The van der Waals surface area contributed by atoms with Crippen molar-refractivity contribution in [2.24, 2.45) is 5.92 Å². The van der Waals surface area contributed by atoms with E-state index in [4.69, 9.17) is 12.2 Å². The van der Waals surface area contributed by atoms with Crippen LogP contribution in [-0.2, 0) is 11.5 Å². The number of rotatable bonds is 5. The fourth-order valence-corrected chi connectivity index (χ4v) is 3.16. The first kappa shape index (κ1) is 18.5. The van der Waals surface area contributed by atoms with Gasteiger partial charge in [0.25, 0.3) is 0 Å². The smallest absolute Gasteiger partial charge is 0.225 e. The van der Waals surface area contributed by atoms with Gasteiger partial charge in [-0.05, 0) is 23.9 Å². The Morgan fingerprint density at radius 3 is 2.54 bits per heavy atom. The zero-order valence-electron chi connectivity index (χ0n) is 15.3. The van der Waals surface area contributed by atoms with Crippen molar-refractivity contribution >= 4 is 30.3 Å². The Hall–Kier alpha value is -2.25. The molecule has 1 aliphatic heterocycles. The maximum atomic E-state index is 12.1. The maximum Gasteiger partial charge on any atom is 0.225 e. The third kappa shape index (κ3) is 4.68. The molecular weight excluding hydrogens is 346 g/mol. The zero-order valence-corrected chi connectivity index (χ0v) is 16.1. The second kappa shape index (κ2) is 8.42. The van der Waals surface area contributed by atoms with E-state index < -0.39 is 0 Å². The van der Waals surface area contributed by atoms with Gasteiger partial charge in [-0.15, -0.1) is 0 Å². The SMILES string of the molecule is CC(C)C(=O)N1CCN(Cn2[nH]c(/C=C/c3ccccc3)nc2=S)CC1. The Kier molecular flexibility index (Phi) is 6.00. The number of amides is 1. The number of aromatic nitrogens is 3. The summed E-state index contributed by atoms with van der Waals surface area (Å²) in [5.74, 6) is 1.03. The van der Waals surface area contributed by atoms with Crippen molar-refractivity contribution < 1.29 is 4.79 Å². The normalized spacial score (nSPS) is 15.9. The standard InChI is InChI=1S/C19H25N5OS/c1-15(2)18(25)23-12-10-22(11-13-23)14-24-19(26)20-17(21-24)9-8-16-6-4-3-5-7-16/h3-9,15H,10-14H2,1-2H3,(H,20,21,26)/b9-8+. The Morgan fingerprint density at radius 1 is 1.19 bits per heavy atom. The summed E-state index contributed by atoms with van der Waals surface area (Å²) in [6, 6.07) is 10.1. The first-order valence-electron chi connectivity index (χ1n) is 8.94. The molecule has 1 aromatic heterocycles. The highest BCUT2D eigenvalue weighted by molar-refractivity contribution is 7.71. The van der Waals surface area contributed by atoms with Gasteiger partial charge in [0.05, 0.1) is 6.67 Å². The monoisotopic (exact) mass is 371 g/mol. The molecule has 0 saturated carbocycles. The van der Waals surface area contributed by atoms with Gasteiger partial charge in [-0.2, -0.15) is 4.98 Å². The molecule has 1 N–H and O–H groups in total. The van der Waals surface area contributed by atoms with Gasteiger partial charge in [0.15, 0.2) is 0 Å². The number of hydrogen-bond acceptors (Lipinski definition) is 4. The first-order valence-corrected chi connectivity index (χ1v) is 9.35. The van der Waals surface area contributed by atoms with Gasteiger partial charge in [0.1, 0.15) is 5.82 Å². The van der Waals surface area contributed by atoms with Gasteiger partial charge in [-0.1, -0.05) is 50.3 Å². The van der Waals surface area contributed by atoms with Crippen molar-refractivity contribution in [3.63, 3.8) is 0 Å². The van der Waals surface area contributed by atoms with Crippen molar-refractivity contribution in [3.8, 4) is 0 Å². The lowest BCUT2D eigenvalue weighted by Crippen LogP contribution is -2.50. The molecular formula is C19H25N5OS. The highest BCUT2D eigenvalue weighted by Gasteiger charge is 2.23. The van der Waals surface area contributed by atoms with E-state index in [0.717, 1.165) is 37.6 Å². The van der Waals surface area contributed by atoms with Gasteiger partial charge in [-0.25, -0.2) is 4.68 Å². The second-order valence-corrected chi connectivity index (χ2v) is 7.17. The second-order valence-electron chi connectivity index (χ2n) is 6.80. The summed E-state index contributed by atoms with van der Waals surface area (Å²) in [5, 5.41) is 3.24. The summed E-state index contributed by atoms with van der Waals surface area (Å²) >= 11 is 5.37. The lowest BCUT2D eigenvalue weighted by Gasteiger charge is -2.35. The highest BCUT2D eigenvalue weighted by atomic mass is 32.1. The molecule has 3 rings (SSSR count). The third-order valence-corrected chi connectivity index (χ3v) is 4.76. The quantitative estimate of drug-likeness (QED) is 0.821. The largest absolute Gasteiger partial charge is 0.340 e. The molecule has 1 aromatic carbocycles. The van der Waals surface area contributed by atoms with Crippen molar-refractivity contribution in [2.45, 2.75) is 20.5 Å². The van der Waals surface area contributed by atoms with E-state index in [9.17, 15) is 4.79 Å². The summed E-state index contributed by atoms with van der Waals surface area (Å²) in [6.45, 7) is 7.77. The van der Waals surface area contributed by atoms with E-state index in [0.29, 0.717) is 11.4 Å². The van der Waals surface area contributed by atoms with Gasteiger partial charge >= 0.3 is 0 Å². The molecule has 2 heterocycles. The molecule has 2 aromatic rings. The fraction of sp³-hybridized carbons (Fsp3) is 0.421. The predicted octanol–water partition coefficient (Wildman–Crippen LogP) is 2.87. The molecule has 0 bridgehead atoms. The van der Waals surface area contributed by atoms with Crippen molar-refractivity contribution in [2.75, 3.05) is 26.2 Å². The number of hydrogen-bond donors (Lipinski definition) is 1. The highest BCUT2D eigenvalue weighted by Crippen LogP contribution is 2.09. The fourth-order valence-electron chi connectivity index (χ4n) is 2.96. The van der Waals surface area contributed by atoms with Crippen molar-refractivity contribution in [1.82, 2.24) is 24.6 Å². The number of piperazine rings is 1. The van der Waals surface area contributed by atoms with Crippen LogP contribution in [0.4, 0.5) is 0 Å². The van der Waals surface area contributed by atoms with Crippen LogP contribution in [0.2, 0.25) is 0 Å². The molecule has 7 heteroatoms. The molecule has 1 fully saturated rings. The lowest BCUT2D eigenvalue weighted by atomic mass is 10.1. The van der Waals surface area contributed by atoms with Crippen LogP contribution in [0.15, 0.2) is 30.3 Å². The number of carbonyl (C=O) groups is 1.